The van der Waals surface area contributed by atoms with E-state index in [1.807, 2.05) is 13.8 Å². The molecule has 1 N–H and O–H groups in total. The van der Waals surface area contributed by atoms with Gasteiger partial charge in [-0.2, -0.15) is 0 Å². The van der Waals surface area contributed by atoms with E-state index in [0.29, 0.717) is 5.56 Å². The Hall–Kier alpha value is -3.28. The SMILES string of the molecule is CCC(CC)NC(=O)COC(=O)c1ccc(C(=O)C(=O)c2ccccc2)cc1. The molecule has 2 aromatic carbocycles. The van der Waals surface area contributed by atoms with E-state index in [0.717, 1.165) is 12.8 Å². The Morgan fingerprint density at radius 3 is 1.82 bits per heavy atom. The number of esters is 1. The third-order valence-corrected chi connectivity index (χ3v) is 4.31. The predicted molar refractivity (Wildman–Crippen MR) is 104 cm³/mol. The van der Waals surface area contributed by atoms with Gasteiger partial charge in [-0.3, -0.25) is 14.4 Å². The molecule has 0 aliphatic carbocycles. The number of ether oxygens (including phenoxy) is 1. The third-order valence-electron chi connectivity index (χ3n) is 4.31. The summed E-state index contributed by atoms with van der Waals surface area (Å²) in [6, 6.07) is 13.9. The molecule has 0 aliphatic heterocycles. The standard InChI is InChI=1S/C22H23NO5/c1-3-18(4-2)23-19(24)14-28-22(27)17-12-10-16(11-13-17)21(26)20(25)15-8-6-5-7-9-15/h5-13,18H,3-4,14H2,1-2H3,(H,23,24). The first kappa shape index (κ1) is 21.0. The van der Waals surface area contributed by atoms with Crippen molar-refractivity contribution >= 4 is 23.4 Å². The van der Waals surface area contributed by atoms with Gasteiger partial charge in [0, 0.05) is 17.2 Å². The molecule has 6 nitrogen and oxygen atoms in total. The van der Waals surface area contributed by atoms with E-state index in [1.165, 1.54) is 24.3 Å². The van der Waals surface area contributed by atoms with Crippen molar-refractivity contribution in [1.29, 1.82) is 0 Å². The molecular weight excluding hydrogens is 358 g/mol. The highest BCUT2D eigenvalue weighted by atomic mass is 16.5. The largest absolute Gasteiger partial charge is 0.452 e. The summed E-state index contributed by atoms with van der Waals surface area (Å²) in [6.45, 7) is 3.56. The topological polar surface area (TPSA) is 89.5 Å². The minimum absolute atomic E-state index is 0.0543. The van der Waals surface area contributed by atoms with Gasteiger partial charge in [0.05, 0.1) is 5.56 Å². The van der Waals surface area contributed by atoms with Crippen LogP contribution in [0.3, 0.4) is 0 Å². The zero-order valence-electron chi connectivity index (χ0n) is 15.9. The first-order valence-corrected chi connectivity index (χ1v) is 9.16. The number of benzene rings is 2. The van der Waals surface area contributed by atoms with Crippen molar-refractivity contribution in [1.82, 2.24) is 5.32 Å². The Morgan fingerprint density at radius 1 is 0.786 bits per heavy atom. The molecule has 0 heterocycles. The lowest BCUT2D eigenvalue weighted by atomic mass is 10.0. The highest BCUT2D eigenvalue weighted by molar-refractivity contribution is 6.49. The number of rotatable bonds is 9. The van der Waals surface area contributed by atoms with Crippen molar-refractivity contribution < 1.29 is 23.9 Å². The van der Waals surface area contributed by atoms with Crippen LogP contribution in [0.15, 0.2) is 54.6 Å². The van der Waals surface area contributed by atoms with E-state index in [-0.39, 0.29) is 29.7 Å². The molecule has 0 unspecified atom stereocenters. The van der Waals surface area contributed by atoms with Crippen LogP contribution in [0.5, 0.6) is 0 Å². The molecule has 146 valence electrons. The molecule has 0 atom stereocenters. The van der Waals surface area contributed by atoms with Gasteiger partial charge in [0.25, 0.3) is 5.91 Å². The zero-order chi connectivity index (χ0) is 20.5. The number of hydrogen-bond acceptors (Lipinski definition) is 5. The lowest BCUT2D eigenvalue weighted by Crippen LogP contribution is -2.36. The number of nitrogens with one attached hydrogen (secondary N) is 1. The van der Waals surface area contributed by atoms with Gasteiger partial charge >= 0.3 is 5.97 Å². The molecule has 2 rings (SSSR count). The summed E-state index contributed by atoms with van der Waals surface area (Å²) in [5.74, 6) is -2.31. The normalized spacial score (nSPS) is 10.4. The van der Waals surface area contributed by atoms with Crippen LogP contribution in [-0.2, 0) is 9.53 Å². The van der Waals surface area contributed by atoms with Gasteiger partial charge in [-0.05, 0) is 25.0 Å². The summed E-state index contributed by atoms with van der Waals surface area (Å²) in [6.07, 6.45) is 1.60. The fraction of sp³-hybridized carbons (Fsp3) is 0.273. The number of ketones is 2. The third kappa shape index (κ3) is 5.61. The summed E-state index contributed by atoms with van der Waals surface area (Å²) in [5.41, 5.74) is 0.676. The first-order chi connectivity index (χ1) is 13.5. The van der Waals surface area contributed by atoms with Crippen LogP contribution in [-0.4, -0.2) is 36.1 Å². The average Bonchev–Trinajstić information content (AvgIpc) is 2.75. The molecule has 1 amide bonds. The number of carbonyl (C=O) groups excluding carboxylic acids is 4. The van der Waals surface area contributed by atoms with Crippen molar-refractivity contribution in [3.63, 3.8) is 0 Å². The number of hydrogen-bond donors (Lipinski definition) is 1. The molecule has 0 aromatic heterocycles. The minimum Gasteiger partial charge on any atom is -0.452 e. The van der Waals surface area contributed by atoms with Crippen molar-refractivity contribution in [2.75, 3.05) is 6.61 Å². The Morgan fingerprint density at radius 2 is 1.29 bits per heavy atom. The van der Waals surface area contributed by atoms with Crippen molar-refractivity contribution in [2.24, 2.45) is 0 Å². The lowest BCUT2D eigenvalue weighted by Gasteiger charge is -2.14. The van der Waals surface area contributed by atoms with E-state index in [4.69, 9.17) is 4.74 Å². The second kappa shape index (κ2) is 10.2. The molecule has 28 heavy (non-hydrogen) atoms. The van der Waals surface area contributed by atoms with Gasteiger partial charge in [0.1, 0.15) is 0 Å². The zero-order valence-corrected chi connectivity index (χ0v) is 15.9. The monoisotopic (exact) mass is 381 g/mol. The maximum absolute atomic E-state index is 12.3. The van der Waals surface area contributed by atoms with Gasteiger partial charge in [-0.1, -0.05) is 56.3 Å². The van der Waals surface area contributed by atoms with Crippen LogP contribution in [0, 0.1) is 0 Å². The Bertz CT molecular complexity index is 839. The highest BCUT2D eigenvalue weighted by Crippen LogP contribution is 2.11. The van der Waals surface area contributed by atoms with E-state index >= 15 is 0 Å². The second-order valence-corrected chi connectivity index (χ2v) is 6.26. The molecule has 0 saturated heterocycles. The van der Waals surface area contributed by atoms with E-state index in [1.54, 1.807) is 30.3 Å². The van der Waals surface area contributed by atoms with E-state index in [2.05, 4.69) is 5.32 Å². The Kier molecular flexibility index (Phi) is 7.63. The van der Waals surface area contributed by atoms with Crippen LogP contribution in [0.1, 0.15) is 57.8 Å². The summed E-state index contributed by atoms with van der Waals surface area (Å²) in [5, 5.41) is 2.78. The number of amides is 1. The smallest absolute Gasteiger partial charge is 0.338 e. The van der Waals surface area contributed by atoms with Crippen LogP contribution in [0.2, 0.25) is 0 Å². The molecular formula is C22H23NO5. The first-order valence-electron chi connectivity index (χ1n) is 9.16. The van der Waals surface area contributed by atoms with Crippen molar-refractivity contribution in [2.45, 2.75) is 32.7 Å². The summed E-state index contributed by atoms with van der Waals surface area (Å²) in [7, 11) is 0. The molecule has 0 fully saturated rings. The molecule has 0 spiro atoms. The fourth-order valence-electron chi connectivity index (χ4n) is 2.59. The van der Waals surface area contributed by atoms with Crippen molar-refractivity contribution in [3.8, 4) is 0 Å². The number of Topliss-reactive ketones (excluding diaryl/α,β-unsaturated/α-hetero) is 2. The fourth-order valence-corrected chi connectivity index (χ4v) is 2.59. The second-order valence-electron chi connectivity index (χ2n) is 6.26. The summed E-state index contributed by atoms with van der Waals surface area (Å²) < 4.78 is 4.99. The van der Waals surface area contributed by atoms with Crippen molar-refractivity contribution in [3.05, 3.63) is 71.3 Å². The van der Waals surface area contributed by atoms with Gasteiger partial charge < -0.3 is 10.1 Å². The van der Waals surface area contributed by atoms with Crippen LogP contribution < -0.4 is 5.32 Å². The molecule has 0 aliphatic rings. The minimum atomic E-state index is -0.673. The summed E-state index contributed by atoms with van der Waals surface area (Å²) in [4.78, 5) is 48.3. The van der Waals surface area contributed by atoms with Gasteiger partial charge in [-0.15, -0.1) is 0 Å². The van der Waals surface area contributed by atoms with Gasteiger partial charge in [-0.25, -0.2) is 4.79 Å². The molecule has 0 bridgehead atoms. The van der Waals surface area contributed by atoms with Crippen LogP contribution >= 0.6 is 0 Å². The maximum Gasteiger partial charge on any atom is 0.338 e. The van der Waals surface area contributed by atoms with Gasteiger partial charge in [0.2, 0.25) is 11.6 Å². The molecule has 2 aromatic rings. The lowest BCUT2D eigenvalue weighted by molar-refractivity contribution is -0.125. The summed E-state index contributed by atoms with van der Waals surface area (Å²) >= 11 is 0. The van der Waals surface area contributed by atoms with Crippen LogP contribution in [0.25, 0.3) is 0 Å². The Balaban J connectivity index is 1.94. The van der Waals surface area contributed by atoms with E-state index < -0.39 is 17.5 Å². The maximum atomic E-state index is 12.3. The van der Waals surface area contributed by atoms with Gasteiger partial charge in [0.15, 0.2) is 6.61 Å². The Labute approximate surface area is 163 Å². The average molecular weight is 381 g/mol. The number of carbonyl (C=O) groups is 4. The van der Waals surface area contributed by atoms with Crippen LogP contribution in [0.4, 0.5) is 0 Å². The molecule has 0 radical (unpaired) electrons. The van der Waals surface area contributed by atoms with E-state index in [9.17, 15) is 19.2 Å². The quantitative estimate of drug-likeness (QED) is 0.409. The predicted octanol–water partition coefficient (Wildman–Crippen LogP) is 3.21. The molecule has 6 heteroatoms. The molecule has 0 saturated carbocycles. The highest BCUT2D eigenvalue weighted by Gasteiger charge is 2.19.